The van der Waals surface area contributed by atoms with E-state index in [1.54, 1.807) is 0 Å². The Labute approximate surface area is 123 Å². The zero-order valence-corrected chi connectivity index (χ0v) is 11.5. The molecule has 0 atom stereocenters. The molecule has 0 aliphatic heterocycles. The summed E-state index contributed by atoms with van der Waals surface area (Å²) in [5.74, 6) is 0.913. The topological polar surface area (TPSA) is 28.7 Å². The fourth-order valence-electron chi connectivity index (χ4n) is 2.54. The van der Waals surface area contributed by atoms with Gasteiger partial charge in [-0.3, -0.25) is 0 Å². The second-order valence-corrected chi connectivity index (χ2v) is 5.05. The molecule has 0 saturated heterocycles. The van der Waals surface area contributed by atoms with Gasteiger partial charge in [-0.1, -0.05) is 66.7 Å². The van der Waals surface area contributed by atoms with Crippen LogP contribution in [-0.4, -0.2) is 9.97 Å². The Morgan fingerprint density at radius 1 is 0.571 bits per heavy atom. The third kappa shape index (κ3) is 2.21. The normalized spacial score (nSPS) is 10.9. The van der Waals surface area contributed by atoms with Crippen molar-refractivity contribution in [1.29, 1.82) is 0 Å². The van der Waals surface area contributed by atoms with E-state index in [0.29, 0.717) is 0 Å². The minimum Gasteiger partial charge on any atom is -0.338 e. The number of aromatic amines is 1. The van der Waals surface area contributed by atoms with Gasteiger partial charge in [0.05, 0.1) is 11.0 Å². The summed E-state index contributed by atoms with van der Waals surface area (Å²) in [7, 11) is 0. The standard InChI is InChI=1S/C19H14N2/c1-2-6-14(7-3-1)15-10-12-16(13-11-15)19-20-17-8-4-5-9-18(17)21-19/h1-13H,(H,20,21). The van der Waals surface area contributed by atoms with E-state index in [1.165, 1.54) is 11.1 Å². The minimum atomic E-state index is 0.913. The maximum absolute atomic E-state index is 4.63. The van der Waals surface area contributed by atoms with Crippen molar-refractivity contribution >= 4 is 11.0 Å². The maximum Gasteiger partial charge on any atom is 0.138 e. The van der Waals surface area contributed by atoms with E-state index in [2.05, 4.69) is 58.5 Å². The fourth-order valence-corrected chi connectivity index (χ4v) is 2.54. The molecule has 21 heavy (non-hydrogen) atoms. The highest BCUT2D eigenvalue weighted by molar-refractivity contribution is 5.79. The van der Waals surface area contributed by atoms with Crippen molar-refractivity contribution in [2.24, 2.45) is 0 Å². The first-order valence-corrected chi connectivity index (χ1v) is 7.01. The van der Waals surface area contributed by atoms with Gasteiger partial charge >= 0.3 is 0 Å². The molecule has 0 spiro atoms. The quantitative estimate of drug-likeness (QED) is 0.551. The van der Waals surface area contributed by atoms with Gasteiger partial charge < -0.3 is 4.98 Å². The number of benzene rings is 3. The van der Waals surface area contributed by atoms with Crippen LogP contribution >= 0.6 is 0 Å². The first-order valence-electron chi connectivity index (χ1n) is 7.01. The van der Waals surface area contributed by atoms with Gasteiger partial charge in [0.15, 0.2) is 0 Å². The van der Waals surface area contributed by atoms with Gasteiger partial charge in [-0.25, -0.2) is 4.98 Å². The van der Waals surface area contributed by atoms with Crippen LogP contribution in [0, 0.1) is 0 Å². The SMILES string of the molecule is c1ccc(-c2ccc(-c3nc4ccccc4[nH]3)cc2)cc1. The van der Waals surface area contributed by atoms with Crippen molar-refractivity contribution in [2.45, 2.75) is 0 Å². The Hall–Kier alpha value is -2.87. The van der Waals surface area contributed by atoms with Crippen molar-refractivity contribution in [3.63, 3.8) is 0 Å². The van der Waals surface area contributed by atoms with E-state index in [1.807, 2.05) is 30.3 Å². The lowest BCUT2D eigenvalue weighted by atomic mass is 10.0. The zero-order valence-electron chi connectivity index (χ0n) is 11.5. The molecule has 0 unspecified atom stereocenters. The molecule has 1 aromatic heterocycles. The van der Waals surface area contributed by atoms with E-state index in [0.717, 1.165) is 22.4 Å². The molecule has 100 valence electrons. The molecular formula is C19H14N2. The summed E-state index contributed by atoms with van der Waals surface area (Å²) >= 11 is 0. The van der Waals surface area contributed by atoms with Gasteiger partial charge in [0.1, 0.15) is 5.82 Å². The molecule has 3 aromatic carbocycles. The van der Waals surface area contributed by atoms with Crippen LogP contribution in [0.25, 0.3) is 33.5 Å². The Morgan fingerprint density at radius 2 is 1.19 bits per heavy atom. The Bertz CT molecular complexity index is 841. The minimum absolute atomic E-state index is 0.913. The highest BCUT2D eigenvalue weighted by atomic mass is 14.9. The summed E-state index contributed by atoms with van der Waals surface area (Å²) in [4.78, 5) is 7.99. The van der Waals surface area contributed by atoms with E-state index in [-0.39, 0.29) is 0 Å². The van der Waals surface area contributed by atoms with Gasteiger partial charge in [0.2, 0.25) is 0 Å². The molecule has 0 amide bonds. The Kier molecular flexibility index (Phi) is 2.79. The first kappa shape index (κ1) is 11.9. The third-order valence-corrected chi connectivity index (χ3v) is 3.65. The summed E-state index contributed by atoms with van der Waals surface area (Å²) in [6.45, 7) is 0. The largest absolute Gasteiger partial charge is 0.338 e. The van der Waals surface area contributed by atoms with Crippen LogP contribution in [0.2, 0.25) is 0 Å². The van der Waals surface area contributed by atoms with Gasteiger partial charge in [-0.2, -0.15) is 0 Å². The molecular weight excluding hydrogens is 256 g/mol. The van der Waals surface area contributed by atoms with Crippen LogP contribution in [0.4, 0.5) is 0 Å². The van der Waals surface area contributed by atoms with E-state index in [4.69, 9.17) is 0 Å². The number of H-pyrrole nitrogens is 1. The van der Waals surface area contributed by atoms with Crippen LogP contribution in [0.3, 0.4) is 0 Å². The number of nitrogens with one attached hydrogen (secondary N) is 1. The molecule has 0 aliphatic rings. The number of para-hydroxylation sites is 2. The van der Waals surface area contributed by atoms with Crippen LogP contribution in [0.15, 0.2) is 78.9 Å². The number of aromatic nitrogens is 2. The van der Waals surface area contributed by atoms with Gasteiger partial charge in [0, 0.05) is 5.56 Å². The van der Waals surface area contributed by atoms with Crippen molar-refractivity contribution in [3.05, 3.63) is 78.9 Å². The smallest absolute Gasteiger partial charge is 0.138 e. The van der Waals surface area contributed by atoms with Crippen molar-refractivity contribution in [1.82, 2.24) is 9.97 Å². The third-order valence-electron chi connectivity index (χ3n) is 3.65. The average molecular weight is 270 g/mol. The molecule has 4 aromatic rings. The lowest BCUT2D eigenvalue weighted by molar-refractivity contribution is 1.34. The van der Waals surface area contributed by atoms with E-state index < -0.39 is 0 Å². The lowest BCUT2D eigenvalue weighted by Crippen LogP contribution is -1.81. The predicted octanol–water partition coefficient (Wildman–Crippen LogP) is 4.90. The monoisotopic (exact) mass is 270 g/mol. The zero-order chi connectivity index (χ0) is 14.1. The summed E-state index contributed by atoms with van der Waals surface area (Å²) in [5, 5.41) is 0. The molecule has 1 heterocycles. The highest BCUT2D eigenvalue weighted by Gasteiger charge is 2.05. The van der Waals surface area contributed by atoms with Gasteiger partial charge in [-0.05, 0) is 23.3 Å². The van der Waals surface area contributed by atoms with Gasteiger partial charge in [-0.15, -0.1) is 0 Å². The molecule has 2 heteroatoms. The number of hydrogen-bond acceptors (Lipinski definition) is 1. The molecule has 2 nitrogen and oxygen atoms in total. The number of rotatable bonds is 2. The molecule has 0 aliphatic carbocycles. The second-order valence-electron chi connectivity index (χ2n) is 5.05. The lowest BCUT2D eigenvalue weighted by Gasteiger charge is -2.02. The summed E-state index contributed by atoms with van der Waals surface area (Å²) in [6.07, 6.45) is 0. The maximum atomic E-state index is 4.63. The summed E-state index contributed by atoms with van der Waals surface area (Å²) < 4.78 is 0. The van der Waals surface area contributed by atoms with Crippen LogP contribution in [0.1, 0.15) is 0 Å². The number of hydrogen-bond donors (Lipinski definition) is 1. The van der Waals surface area contributed by atoms with Crippen molar-refractivity contribution < 1.29 is 0 Å². The first-order chi connectivity index (χ1) is 10.4. The molecule has 0 fully saturated rings. The Balaban J connectivity index is 1.73. The average Bonchev–Trinajstić information content (AvgIpc) is 3.00. The molecule has 1 N–H and O–H groups in total. The van der Waals surface area contributed by atoms with E-state index in [9.17, 15) is 0 Å². The summed E-state index contributed by atoms with van der Waals surface area (Å²) in [5.41, 5.74) is 5.62. The number of imidazole rings is 1. The summed E-state index contributed by atoms with van der Waals surface area (Å²) in [6, 6.07) is 27.0. The van der Waals surface area contributed by atoms with Crippen LogP contribution < -0.4 is 0 Å². The highest BCUT2D eigenvalue weighted by Crippen LogP contribution is 2.24. The fraction of sp³-hybridized carbons (Fsp3) is 0. The predicted molar refractivity (Wildman–Crippen MR) is 87.0 cm³/mol. The van der Waals surface area contributed by atoms with Crippen LogP contribution in [-0.2, 0) is 0 Å². The van der Waals surface area contributed by atoms with Gasteiger partial charge in [0.25, 0.3) is 0 Å². The molecule has 0 saturated carbocycles. The second kappa shape index (κ2) is 4.91. The number of nitrogens with zero attached hydrogens (tertiary/aromatic N) is 1. The Morgan fingerprint density at radius 3 is 1.95 bits per heavy atom. The molecule has 4 rings (SSSR count). The van der Waals surface area contributed by atoms with Crippen molar-refractivity contribution in [2.75, 3.05) is 0 Å². The molecule has 0 radical (unpaired) electrons. The van der Waals surface area contributed by atoms with Crippen molar-refractivity contribution in [3.8, 4) is 22.5 Å². The van der Waals surface area contributed by atoms with Crippen LogP contribution in [0.5, 0.6) is 0 Å². The van der Waals surface area contributed by atoms with E-state index >= 15 is 0 Å². The number of fused-ring (bicyclic) bond motifs is 1. The molecule has 0 bridgehead atoms.